The molecule has 0 aliphatic carbocycles. The molecule has 0 atom stereocenters. The zero-order chi connectivity index (χ0) is 22.4. The monoisotopic (exact) mass is 450 g/mol. The maximum Gasteiger partial charge on any atom is 0.295 e. The summed E-state index contributed by atoms with van der Waals surface area (Å²) in [6, 6.07) is 8.21. The van der Waals surface area contributed by atoms with Crippen molar-refractivity contribution in [1.82, 2.24) is 4.31 Å². The lowest BCUT2D eigenvalue weighted by Gasteiger charge is -2.26. The summed E-state index contributed by atoms with van der Waals surface area (Å²) in [5.74, 6) is 0.273. The van der Waals surface area contributed by atoms with Crippen molar-refractivity contribution in [3.8, 4) is 11.5 Å². The Balaban J connectivity index is 1.81. The highest BCUT2D eigenvalue weighted by atomic mass is 32.2. The van der Waals surface area contributed by atoms with E-state index >= 15 is 0 Å². The minimum Gasteiger partial charge on any atom is -0.504 e. The van der Waals surface area contributed by atoms with Crippen LogP contribution in [0.4, 0.5) is 11.4 Å². The van der Waals surface area contributed by atoms with Crippen LogP contribution >= 0.6 is 0 Å². The molecule has 0 radical (unpaired) electrons. The summed E-state index contributed by atoms with van der Waals surface area (Å²) in [4.78, 5) is 10.7. The number of ether oxygens (including phenoxy) is 2. The standard InChI is InChI=1S/C19H22N4O7S/c1-2-30-19-11-14(3-6-18(19)24)13-20-21-16-5-4-15(12-17(16)23(25)26)31(27,28)22-7-9-29-10-8-22/h3-6,11-13,21,24H,2,7-10H2,1H3. The molecule has 0 amide bonds. The molecule has 0 spiro atoms. The molecule has 2 aromatic carbocycles. The molecule has 3 rings (SSSR count). The maximum absolute atomic E-state index is 12.8. The smallest absolute Gasteiger partial charge is 0.295 e. The molecule has 1 heterocycles. The molecule has 2 aromatic rings. The van der Waals surface area contributed by atoms with Crippen molar-refractivity contribution in [3.05, 3.63) is 52.1 Å². The molecule has 2 N–H and O–H groups in total. The molecule has 1 aliphatic rings. The van der Waals surface area contributed by atoms with Crippen molar-refractivity contribution in [3.63, 3.8) is 0 Å². The quantitative estimate of drug-likeness (QED) is 0.354. The first-order valence-electron chi connectivity index (χ1n) is 9.44. The average molecular weight is 450 g/mol. The molecular weight excluding hydrogens is 428 g/mol. The molecule has 1 aliphatic heterocycles. The molecule has 11 nitrogen and oxygen atoms in total. The molecule has 0 unspecified atom stereocenters. The van der Waals surface area contributed by atoms with Gasteiger partial charge in [-0.15, -0.1) is 0 Å². The summed E-state index contributed by atoms with van der Waals surface area (Å²) in [7, 11) is -3.87. The average Bonchev–Trinajstić information content (AvgIpc) is 2.76. The second-order valence-corrected chi connectivity index (χ2v) is 8.42. The van der Waals surface area contributed by atoms with Gasteiger partial charge < -0.3 is 14.6 Å². The number of nitro groups is 1. The number of morpholine rings is 1. The van der Waals surface area contributed by atoms with E-state index in [0.29, 0.717) is 12.2 Å². The van der Waals surface area contributed by atoms with Crippen molar-refractivity contribution in [2.75, 3.05) is 38.3 Å². The van der Waals surface area contributed by atoms with Gasteiger partial charge in [-0.3, -0.25) is 15.5 Å². The largest absolute Gasteiger partial charge is 0.504 e. The molecule has 1 fully saturated rings. The fourth-order valence-corrected chi connectivity index (χ4v) is 4.34. The second-order valence-electron chi connectivity index (χ2n) is 6.48. The van der Waals surface area contributed by atoms with Gasteiger partial charge in [0.15, 0.2) is 11.5 Å². The summed E-state index contributed by atoms with van der Waals surface area (Å²) >= 11 is 0. The number of nitro benzene ring substituents is 1. The zero-order valence-corrected chi connectivity index (χ0v) is 17.5. The number of aromatic hydroxyl groups is 1. The molecule has 0 aromatic heterocycles. The van der Waals surface area contributed by atoms with E-state index in [0.717, 1.165) is 6.07 Å². The zero-order valence-electron chi connectivity index (χ0n) is 16.7. The highest BCUT2D eigenvalue weighted by molar-refractivity contribution is 7.89. The predicted octanol–water partition coefficient (Wildman–Crippen LogP) is 2.17. The van der Waals surface area contributed by atoms with Crippen LogP contribution in [-0.2, 0) is 14.8 Å². The Labute approximate surface area is 179 Å². The van der Waals surface area contributed by atoms with E-state index in [2.05, 4.69) is 10.5 Å². The first-order valence-corrected chi connectivity index (χ1v) is 10.9. The Kier molecular flexibility index (Phi) is 7.05. The van der Waals surface area contributed by atoms with Gasteiger partial charge in [0.1, 0.15) is 5.69 Å². The fourth-order valence-electron chi connectivity index (χ4n) is 2.91. The number of rotatable bonds is 8. The van der Waals surface area contributed by atoms with Crippen molar-refractivity contribution in [2.45, 2.75) is 11.8 Å². The van der Waals surface area contributed by atoms with Crippen LogP contribution in [0.15, 0.2) is 46.4 Å². The number of hydrogen-bond acceptors (Lipinski definition) is 9. The lowest BCUT2D eigenvalue weighted by Crippen LogP contribution is -2.40. The van der Waals surface area contributed by atoms with Crippen molar-refractivity contribution in [2.24, 2.45) is 5.10 Å². The Morgan fingerprint density at radius 1 is 1.29 bits per heavy atom. The van der Waals surface area contributed by atoms with Gasteiger partial charge in [-0.05, 0) is 42.8 Å². The first kappa shape index (κ1) is 22.5. The highest BCUT2D eigenvalue weighted by Crippen LogP contribution is 2.30. The number of hydrogen-bond donors (Lipinski definition) is 2. The number of sulfonamides is 1. The van der Waals surface area contributed by atoms with Crippen molar-refractivity contribution < 1.29 is 27.9 Å². The SMILES string of the molecule is CCOc1cc(C=NNc2ccc(S(=O)(=O)N3CCOCC3)cc2[N+](=O)[O-])ccc1O. The highest BCUT2D eigenvalue weighted by Gasteiger charge is 2.28. The Morgan fingerprint density at radius 2 is 2.03 bits per heavy atom. The number of nitrogens with zero attached hydrogens (tertiary/aromatic N) is 3. The van der Waals surface area contributed by atoms with Gasteiger partial charge in [0, 0.05) is 19.2 Å². The third-order valence-corrected chi connectivity index (χ3v) is 6.35. The van der Waals surface area contributed by atoms with Crippen LogP contribution in [-0.4, -0.2) is 61.9 Å². The summed E-state index contributed by atoms with van der Waals surface area (Å²) in [5.41, 5.74) is 2.76. The van der Waals surface area contributed by atoms with E-state index in [9.17, 15) is 23.6 Å². The van der Waals surface area contributed by atoms with E-state index < -0.39 is 20.6 Å². The van der Waals surface area contributed by atoms with Gasteiger partial charge in [-0.25, -0.2) is 8.42 Å². The Hall–Kier alpha value is -3.22. The van der Waals surface area contributed by atoms with Gasteiger partial charge in [0.05, 0.1) is 35.9 Å². The van der Waals surface area contributed by atoms with E-state index in [-0.39, 0.29) is 48.4 Å². The predicted molar refractivity (Wildman–Crippen MR) is 113 cm³/mol. The fraction of sp³-hybridized carbons (Fsp3) is 0.316. The van der Waals surface area contributed by atoms with Gasteiger partial charge in [0.2, 0.25) is 10.0 Å². The molecule has 166 valence electrons. The van der Waals surface area contributed by atoms with Crippen LogP contribution in [0.3, 0.4) is 0 Å². The topological polar surface area (TPSA) is 144 Å². The number of hydrazone groups is 1. The number of anilines is 1. The molecule has 1 saturated heterocycles. The molecular formula is C19H22N4O7S. The van der Waals surface area contributed by atoms with Gasteiger partial charge in [-0.1, -0.05) is 0 Å². The van der Waals surface area contributed by atoms with Crippen molar-refractivity contribution >= 4 is 27.6 Å². The van der Waals surface area contributed by atoms with E-state index in [1.165, 1.54) is 28.7 Å². The van der Waals surface area contributed by atoms with Crippen LogP contribution in [0.2, 0.25) is 0 Å². The Bertz CT molecular complexity index is 1080. The maximum atomic E-state index is 12.8. The normalized spacial score (nSPS) is 15.1. The third kappa shape index (κ3) is 5.29. The van der Waals surface area contributed by atoms with Gasteiger partial charge in [-0.2, -0.15) is 9.41 Å². The number of benzene rings is 2. The summed E-state index contributed by atoms with van der Waals surface area (Å²) in [5, 5.41) is 25.2. The number of phenolic OH excluding ortho intramolecular Hbond substituents is 1. The van der Waals surface area contributed by atoms with E-state index in [4.69, 9.17) is 9.47 Å². The van der Waals surface area contributed by atoms with Crippen LogP contribution in [0.1, 0.15) is 12.5 Å². The number of phenols is 1. The second kappa shape index (κ2) is 9.73. The summed E-state index contributed by atoms with van der Waals surface area (Å²) < 4.78 is 37.2. The van der Waals surface area contributed by atoms with E-state index in [1.807, 2.05) is 0 Å². The lowest BCUT2D eigenvalue weighted by molar-refractivity contribution is -0.384. The van der Waals surface area contributed by atoms with Gasteiger partial charge >= 0.3 is 0 Å². The molecule has 12 heteroatoms. The molecule has 0 saturated carbocycles. The minimum atomic E-state index is -3.87. The van der Waals surface area contributed by atoms with Crippen LogP contribution < -0.4 is 10.2 Å². The number of nitrogens with one attached hydrogen (secondary N) is 1. The third-order valence-electron chi connectivity index (χ3n) is 4.46. The minimum absolute atomic E-state index is 0.0142. The van der Waals surface area contributed by atoms with Gasteiger partial charge in [0.25, 0.3) is 5.69 Å². The molecule has 0 bridgehead atoms. The van der Waals surface area contributed by atoms with Crippen LogP contribution in [0, 0.1) is 10.1 Å². The van der Waals surface area contributed by atoms with Crippen LogP contribution in [0.5, 0.6) is 11.5 Å². The van der Waals surface area contributed by atoms with Crippen molar-refractivity contribution in [1.29, 1.82) is 0 Å². The lowest BCUT2D eigenvalue weighted by atomic mass is 10.2. The van der Waals surface area contributed by atoms with E-state index in [1.54, 1.807) is 19.1 Å². The Morgan fingerprint density at radius 3 is 2.71 bits per heavy atom. The summed E-state index contributed by atoms with van der Waals surface area (Å²) in [6.45, 7) is 3.09. The van der Waals surface area contributed by atoms with Crippen LogP contribution in [0.25, 0.3) is 0 Å². The summed E-state index contributed by atoms with van der Waals surface area (Å²) in [6.07, 6.45) is 1.39. The molecule has 31 heavy (non-hydrogen) atoms. The first-order chi connectivity index (χ1) is 14.8.